The van der Waals surface area contributed by atoms with Crippen LogP contribution in [-0.2, 0) is 0 Å². The van der Waals surface area contributed by atoms with Crippen molar-refractivity contribution in [3.63, 3.8) is 0 Å². The highest BCUT2D eigenvalue weighted by Crippen LogP contribution is 2.10. The summed E-state index contributed by atoms with van der Waals surface area (Å²) in [6.45, 7) is 0. The summed E-state index contributed by atoms with van der Waals surface area (Å²) in [7, 11) is 3.94. The number of hydrogen-bond donors (Lipinski definition) is 0. The van der Waals surface area contributed by atoms with E-state index >= 15 is 0 Å². The fourth-order valence-corrected chi connectivity index (χ4v) is 1.20. The van der Waals surface area contributed by atoms with Gasteiger partial charge >= 0.3 is 0 Å². The third-order valence-electron chi connectivity index (χ3n) is 1.96. The molecule has 2 aromatic rings. The largest absolute Gasteiger partial charge is 0.363 e. The van der Waals surface area contributed by atoms with Gasteiger partial charge in [-0.3, -0.25) is 0 Å². The standard InChI is InChI=1S/C10H12N4/c1-13(2)10-5-4-9(8-11-10)14-7-3-6-12-14/h3-8H,1-2H3. The van der Waals surface area contributed by atoms with Gasteiger partial charge < -0.3 is 4.90 Å². The lowest BCUT2D eigenvalue weighted by Crippen LogP contribution is -2.10. The van der Waals surface area contributed by atoms with E-state index in [9.17, 15) is 0 Å². The lowest BCUT2D eigenvalue weighted by atomic mass is 10.4. The van der Waals surface area contributed by atoms with E-state index in [0.717, 1.165) is 11.5 Å². The SMILES string of the molecule is CN(C)c1ccc(-n2cccn2)cn1. The van der Waals surface area contributed by atoms with Gasteiger partial charge in [0.2, 0.25) is 0 Å². The monoisotopic (exact) mass is 188 g/mol. The Morgan fingerprint density at radius 3 is 2.64 bits per heavy atom. The smallest absolute Gasteiger partial charge is 0.128 e. The molecule has 0 saturated carbocycles. The van der Waals surface area contributed by atoms with Crippen molar-refractivity contribution in [2.45, 2.75) is 0 Å². The minimum atomic E-state index is 0.945. The van der Waals surface area contributed by atoms with Crippen molar-refractivity contribution >= 4 is 5.82 Å². The van der Waals surface area contributed by atoms with Crippen LogP contribution < -0.4 is 4.90 Å². The van der Waals surface area contributed by atoms with Crippen molar-refractivity contribution in [3.8, 4) is 5.69 Å². The summed E-state index contributed by atoms with van der Waals surface area (Å²) in [4.78, 5) is 6.26. The molecule has 0 N–H and O–H groups in total. The van der Waals surface area contributed by atoms with Crippen LogP contribution in [0.5, 0.6) is 0 Å². The number of anilines is 1. The van der Waals surface area contributed by atoms with Crippen molar-refractivity contribution < 1.29 is 0 Å². The van der Waals surface area contributed by atoms with Gasteiger partial charge in [-0.1, -0.05) is 0 Å². The molecule has 0 atom stereocenters. The zero-order valence-electron chi connectivity index (χ0n) is 8.25. The second-order valence-corrected chi connectivity index (χ2v) is 3.22. The van der Waals surface area contributed by atoms with Crippen LogP contribution in [0.15, 0.2) is 36.8 Å². The maximum Gasteiger partial charge on any atom is 0.128 e. The summed E-state index contributed by atoms with van der Waals surface area (Å²) in [6.07, 6.45) is 5.45. The molecule has 0 saturated heterocycles. The Bertz CT molecular complexity index is 389. The van der Waals surface area contributed by atoms with Gasteiger partial charge in [-0.2, -0.15) is 5.10 Å². The van der Waals surface area contributed by atoms with Crippen molar-refractivity contribution in [3.05, 3.63) is 36.8 Å². The molecule has 14 heavy (non-hydrogen) atoms. The van der Waals surface area contributed by atoms with Crippen molar-refractivity contribution in [2.75, 3.05) is 19.0 Å². The van der Waals surface area contributed by atoms with Crippen LogP contribution in [0.3, 0.4) is 0 Å². The van der Waals surface area contributed by atoms with Crippen LogP contribution in [-0.4, -0.2) is 28.9 Å². The third kappa shape index (κ3) is 1.59. The predicted molar refractivity (Wildman–Crippen MR) is 55.7 cm³/mol. The molecule has 0 aliphatic rings. The molecule has 0 amide bonds. The van der Waals surface area contributed by atoms with Crippen LogP contribution in [0.25, 0.3) is 5.69 Å². The molecule has 0 spiro atoms. The first-order valence-electron chi connectivity index (χ1n) is 4.41. The first-order valence-corrected chi connectivity index (χ1v) is 4.41. The molecule has 0 bridgehead atoms. The summed E-state index contributed by atoms with van der Waals surface area (Å²) < 4.78 is 1.78. The number of hydrogen-bond acceptors (Lipinski definition) is 3. The van der Waals surface area contributed by atoms with Crippen LogP contribution in [0.1, 0.15) is 0 Å². The molecule has 0 radical (unpaired) electrons. The first kappa shape index (κ1) is 8.74. The van der Waals surface area contributed by atoms with Gasteiger partial charge in [0.25, 0.3) is 0 Å². The topological polar surface area (TPSA) is 34.0 Å². The Labute approximate surface area is 82.8 Å². The highest BCUT2D eigenvalue weighted by Gasteiger charge is 1.98. The van der Waals surface area contributed by atoms with E-state index in [0.29, 0.717) is 0 Å². The summed E-state index contributed by atoms with van der Waals surface area (Å²) in [5.74, 6) is 0.945. The normalized spacial score (nSPS) is 10.1. The lowest BCUT2D eigenvalue weighted by Gasteiger charge is -2.10. The molecule has 2 rings (SSSR count). The zero-order chi connectivity index (χ0) is 9.97. The fourth-order valence-electron chi connectivity index (χ4n) is 1.20. The predicted octanol–water partition coefficient (Wildman–Crippen LogP) is 1.33. The maximum atomic E-state index is 4.30. The summed E-state index contributed by atoms with van der Waals surface area (Å²) in [6, 6.07) is 5.85. The van der Waals surface area contributed by atoms with E-state index < -0.39 is 0 Å². The van der Waals surface area contributed by atoms with Crippen LogP contribution in [0.4, 0.5) is 5.82 Å². The summed E-state index contributed by atoms with van der Waals surface area (Å²) in [5, 5.41) is 4.12. The van der Waals surface area contributed by atoms with Gasteiger partial charge in [-0.25, -0.2) is 9.67 Å². The van der Waals surface area contributed by atoms with Gasteiger partial charge in [-0.15, -0.1) is 0 Å². The summed E-state index contributed by atoms with van der Waals surface area (Å²) >= 11 is 0. The first-order chi connectivity index (χ1) is 6.77. The molecule has 4 heteroatoms. The highest BCUT2D eigenvalue weighted by atomic mass is 15.3. The number of nitrogens with zero attached hydrogens (tertiary/aromatic N) is 4. The molecular weight excluding hydrogens is 176 g/mol. The summed E-state index contributed by atoms with van der Waals surface area (Å²) in [5.41, 5.74) is 0.973. The number of pyridine rings is 1. The zero-order valence-corrected chi connectivity index (χ0v) is 8.25. The van der Waals surface area contributed by atoms with Crippen molar-refractivity contribution in [1.29, 1.82) is 0 Å². The van der Waals surface area contributed by atoms with Crippen molar-refractivity contribution in [1.82, 2.24) is 14.8 Å². The number of rotatable bonds is 2. The molecule has 0 unspecified atom stereocenters. The van der Waals surface area contributed by atoms with Gasteiger partial charge in [-0.05, 0) is 18.2 Å². The van der Waals surface area contributed by atoms with E-state index in [2.05, 4.69) is 10.1 Å². The molecule has 0 aliphatic carbocycles. The van der Waals surface area contributed by atoms with Gasteiger partial charge in [0, 0.05) is 26.5 Å². The second kappa shape index (κ2) is 3.49. The Morgan fingerprint density at radius 1 is 1.29 bits per heavy atom. The molecule has 0 fully saturated rings. The van der Waals surface area contributed by atoms with Gasteiger partial charge in [0.05, 0.1) is 11.9 Å². The van der Waals surface area contributed by atoms with E-state index in [-0.39, 0.29) is 0 Å². The second-order valence-electron chi connectivity index (χ2n) is 3.22. The Hall–Kier alpha value is -1.84. The van der Waals surface area contributed by atoms with E-state index in [1.54, 1.807) is 10.9 Å². The van der Waals surface area contributed by atoms with Gasteiger partial charge in [0.15, 0.2) is 0 Å². The molecular formula is C10H12N4. The van der Waals surface area contributed by atoms with E-state index in [1.165, 1.54) is 0 Å². The van der Waals surface area contributed by atoms with E-state index in [4.69, 9.17) is 0 Å². The van der Waals surface area contributed by atoms with Crippen LogP contribution >= 0.6 is 0 Å². The average Bonchev–Trinajstić information content (AvgIpc) is 2.71. The van der Waals surface area contributed by atoms with Crippen LogP contribution in [0.2, 0.25) is 0 Å². The lowest BCUT2D eigenvalue weighted by molar-refractivity contribution is 0.872. The molecule has 4 nitrogen and oxygen atoms in total. The molecule has 2 heterocycles. The van der Waals surface area contributed by atoms with Crippen LogP contribution in [0, 0.1) is 0 Å². The Kier molecular flexibility index (Phi) is 2.18. The minimum Gasteiger partial charge on any atom is -0.363 e. The third-order valence-corrected chi connectivity index (χ3v) is 1.96. The minimum absolute atomic E-state index is 0.945. The van der Waals surface area contributed by atoms with Gasteiger partial charge in [0.1, 0.15) is 5.82 Å². The number of aromatic nitrogens is 3. The highest BCUT2D eigenvalue weighted by molar-refractivity contribution is 5.41. The fraction of sp³-hybridized carbons (Fsp3) is 0.200. The van der Waals surface area contributed by atoms with Crippen molar-refractivity contribution in [2.24, 2.45) is 0 Å². The quantitative estimate of drug-likeness (QED) is 0.713. The molecule has 0 aromatic carbocycles. The Balaban J connectivity index is 2.31. The molecule has 72 valence electrons. The maximum absolute atomic E-state index is 4.30. The molecule has 0 aliphatic heterocycles. The molecule has 2 aromatic heterocycles. The average molecular weight is 188 g/mol. The van der Waals surface area contributed by atoms with E-state index in [1.807, 2.05) is 49.6 Å². The Morgan fingerprint density at radius 2 is 2.14 bits per heavy atom.